The number of hydrogen-bond acceptors (Lipinski definition) is 1. The summed E-state index contributed by atoms with van der Waals surface area (Å²) in [6.07, 6.45) is 0. The summed E-state index contributed by atoms with van der Waals surface area (Å²) >= 11 is 3.04. The molecule has 1 N–H and O–H groups in total. The summed E-state index contributed by atoms with van der Waals surface area (Å²) in [5.74, 6) is -1.79. The van der Waals surface area contributed by atoms with Crippen LogP contribution in [0.3, 0.4) is 0 Å². The zero-order valence-electron chi connectivity index (χ0n) is 10.8. The molecule has 1 atom stereocenters. The van der Waals surface area contributed by atoms with Gasteiger partial charge in [0.05, 0.1) is 10.5 Å². The number of hydrogen-bond donors (Lipinski definition) is 1. The first kappa shape index (κ1) is 15.1. The van der Waals surface area contributed by atoms with Crippen LogP contribution in [0.1, 0.15) is 24.1 Å². The average Bonchev–Trinajstić information content (AvgIpc) is 2.42. The van der Waals surface area contributed by atoms with Gasteiger partial charge in [-0.25, -0.2) is 13.2 Å². The van der Waals surface area contributed by atoms with Crippen molar-refractivity contribution >= 4 is 15.9 Å². The molecule has 106 valence electrons. The van der Waals surface area contributed by atoms with E-state index in [9.17, 15) is 13.2 Å². The van der Waals surface area contributed by atoms with Crippen LogP contribution < -0.4 is 5.32 Å². The molecule has 0 saturated heterocycles. The topological polar surface area (TPSA) is 12.0 Å². The van der Waals surface area contributed by atoms with Crippen LogP contribution in [0.4, 0.5) is 13.2 Å². The Labute approximate surface area is 123 Å². The highest BCUT2D eigenvalue weighted by Crippen LogP contribution is 2.31. The molecule has 0 heterocycles. The zero-order valence-corrected chi connectivity index (χ0v) is 12.3. The van der Waals surface area contributed by atoms with Gasteiger partial charge in [-0.2, -0.15) is 0 Å². The van der Waals surface area contributed by atoms with Crippen LogP contribution in [0.5, 0.6) is 0 Å². The van der Waals surface area contributed by atoms with Gasteiger partial charge in [0, 0.05) is 5.56 Å². The number of nitrogens with one attached hydrogen (secondary N) is 1. The molecule has 2 aromatic carbocycles. The van der Waals surface area contributed by atoms with Crippen LogP contribution in [0, 0.1) is 17.5 Å². The fraction of sp³-hybridized carbons (Fsp3) is 0.200. The first-order valence-corrected chi connectivity index (χ1v) is 6.96. The summed E-state index contributed by atoms with van der Waals surface area (Å²) in [5.41, 5.74) is 0.356. The van der Waals surface area contributed by atoms with Crippen molar-refractivity contribution in [1.82, 2.24) is 5.32 Å². The Morgan fingerprint density at radius 1 is 1.15 bits per heavy atom. The molecule has 1 nitrogen and oxygen atoms in total. The van der Waals surface area contributed by atoms with E-state index < -0.39 is 23.5 Å². The fourth-order valence-corrected chi connectivity index (χ4v) is 2.43. The molecule has 0 radical (unpaired) electrons. The summed E-state index contributed by atoms with van der Waals surface area (Å²) in [6.45, 7) is 2.31. The minimum absolute atomic E-state index is 0.119. The Morgan fingerprint density at radius 2 is 1.90 bits per heavy atom. The second kappa shape index (κ2) is 6.41. The van der Waals surface area contributed by atoms with Crippen molar-refractivity contribution in [2.75, 3.05) is 6.54 Å². The lowest BCUT2D eigenvalue weighted by atomic mass is 9.97. The predicted molar refractivity (Wildman–Crippen MR) is 76.0 cm³/mol. The van der Waals surface area contributed by atoms with Crippen LogP contribution in [-0.2, 0) is 0 Å². The van der Waals surface area contributed by atoms with Gasteiger partial charge in [0.2, 0.25) is 0 Å². The third-order valence-corrected chi connectivity index (χ3v) is 3.57. The molecule has 0 fully saturated rings. The van der Waals surface area contributed by atoms with Crippen molar-refractivity contribution in [2.45, 2.75) is 13.0 Å². The highest BCUT2D eigenvalue weighted by Gasteiger charge is 2.23. The van der Waals surface area contributed by atoms with Gasteiger partial charge in [-0.05, 0) is 52.3 Å². The Kier molecular flexibility index (Phi) is 4.83. The molecule has 2 aromatic rings. The van der Waals surface area contributed by atoms with E-state index in [1.807, 2.05) is 6.92 Å². The van der Waals surface area contributed by atoms with Crippen molar-refractivity contribution in [3.05, 3.63) is 69.4 Å². The van der Waals surface area contributed by atoms with Gasteiger partial charge in [-0.3, -0.25) is 0 Å². The van der Waals surface area contributed by atoms with Crippen LogP contribution >= 0.6 is 15.9 Å². The summed E-state index contributed by atoms with van der Waals surface area (Å²) < 4.78 is 41.7. The molecule has 0 aliphatic heterocycles. The molecular weight excluding hydrogens is 331 g/mol. The van der Waals surface area contributed by atoms with E-state index in [0.29, 0.717) is 12.1 Å². The molecule has 0 spiro atoms. The standard InChI is InChI=1S/C15H13BrF3N/c1-2-20-15(9-4-3-5-10(17)8-9)13-12(18)7-6-11(16)14(13)19/h3-8,15,20H,2H2,1H3. The second-order valence-corrected chi connectivity index (χ2v) is 5.16. The molecule has 0 amide bonds. The first-order chi connectivity index (χ1) is 9.54. The normalized spacial score (nSPS) is 12.4. The van der Waals surface area contributed by atoms with Gasteiger partial charge in [0.25, 0.3) is 0 Å². The van der Waals surface area contributed by atoms with Gasteiger partial charge in [-0.1, -0.05) is 19.1 Å². The Balaban J connectivity index is 2.57. The largest absolute Gasteiger partial charge is 0.306 e. The van der Waals surface area contributed by atoms with E-state index in [2.05, 4.69) is 21.2 Å². The third-order valence-electron chi connectivity index (χ3n) is 2.96. The summed E-state index contributed by atoms with van der Waals surface area (Å²) in [7, 11) is 0. The molecule has 20 heavy (non-hydrogen) atoms. The van der Waals surface area contributed by atoms with E-state index in [1.165, 1.54) is 30.3 Å². The Bertz CT molecular complexity index is 616. The maximum Gasteiger partial charge on any atom is 0.145 e. The van der Waals surface area contributed by atoms with Crippen molar-refractivity contribution < 1.29 is 13.2 Å². The first-order valence-electron chi connectivity index (χ1n) is 6.16. The summed E-state index contributed by atoms with van der Waals surface area (Å²) in [4.78, 5) is 0. The molecule has 0 bridgehead atoms. The highest BCUT2D eigenvalue weighted by atomic mass is 79.9. The van der Waals surface area contributed by atoms with Crippen LogP contribution in [0.2, 0.25) is 0 Å². The van der Waals surface area contributed by atoms with E-state index in [0.717, 1.165) is 0 Å². The van der Waals surface area contributed by atoms with Crippen molar-refractivity contribution in [2.24, 2.45) is 0 Å². The fourth-order valence-electron chi connectivity index (χ4n) is 2.08. The lowest BCUT2D eigenvalue weighted by Gasteiger charge is -2.20. The number of halogens is 4. The molecular formula is C15H13BrF3N. The Hall–Kier alpha value is -1.33. The van der Waals surface area contributed by atoms with Crippen LogP contribution in [-0.4, -0.2) is 6.54 Å². The average molecular weight is 344 g/mol. The van der Waals surface area contributed by atoms with Crippen LogP contribution in [0.15, 0.2) is 40.9 Å². The van der Waals surface area contributed by atoms with Gasteiger partial charge < -0.3 is 5.32 Å². The number of benzene rings is 2. The van der Waals surface area contributed by atoms with Crippen LogP contribution in [0.25, 0.3) is 0 Å². The minimum atomic E-state index is -0.742. The smallest absolute Gasteiger partial charge is 0.145 e. The third kappa shape index (κ3) is 3.04. The van der Waals surface area contributed by atoms with Gasteiger partial charge in [-0.15, -0.1) is 0 Å². The molecule has 2 rings (SSSR count). The molecule has 0 aromatic heterocycles. The number of rotatable bonds is 4. The van der Waals surface area contributed by atoms with Crippen molar-refractivity contribution in [1.29, 1.82) is 0 Å². The lowest BCUT2D eigenvalue weighted by molar-refractivity contribution is 0.505. The van der Waals surface area contributed by atoms with Crippen molar-refractivity contribution in [3.8, 4) is 0 Å². The van der Waals surface area contributed by atoms with E-state index in [4.69, 9.17) is 0 Å². The summed E-state index contributed by atoms with van der Waals surface area (Å²) in [6, 6.07) is 7.47. The molecule has 5 heteroatoms. The molecule has 0 saturated carbocycles. The van der Waals surface area contributed by atoms with E-state index >= 15 is 0 Å². The van der Waals surface area contributed by atoms with E-state index in [1.54, 1.807) is 6.07 Å². The highest BCUT2D eigenvalue weighted by molar-refractivity contribution is 9.10. The maximum absolute atomic E-state index is 14.2. The minimum Gasteiger partial charge on any atom is -0.306 e. The Morgan fingerprint density at radius 3 is 2.55 bits per heavy atom. The van der Waals surface area contributed by atoms with Gasteiger partial charge >= 0.3 is 0 Å². The monoisotopic (exact) mass is 343 g/mol. The maximum atomic E-state index is 14.2. The van der Waals surface area contributed by atoms with Gasteiger partial charge in [0.15, 0.2) is 0 Å². The summed E-state index contributed by atoms with van der Waals surface area (Å²) in [5, 5.41) is 2.98. The van der Waals surface area contributed by atoms with E-state index in [-0.39, 0.29) is 10.0 Å². The predicted octanol–water partition coefficient (Wildman–Crippen LogP) is 4.57. The second-order valence-electron chi connectivity index (χ2n) is 4.30. The molecule has 1 unspecified atom stereocenters. The quantitative estimate of drug-likeness (QED) is 0.802. The zero-order chi connectivity index (χ0) is 14.7. The lowest BCUT2D eigenvalue weighted by Crippen LogP contribution is -2.24. The van der Waals surface area contributed by atoms with Crippen molar-refractivity contribution in [3.63, 3.8) is 0 Å². The van der Waals surface area contributed by atoms with Gasteiger partial charge in [0.1, 0.15) is 17.5 Å². The molecule has 0 aliphatic rings. The SMILES string of the molecule is CCNC(c1cccc(F)c1)c1c(F)ccc(Br)c1F. The molecule has 0 aliphatic carbocycles.